The van der Waals surface area contributed by atoms with E-state index in [1.54, 1.807) is 0 Å². The molecule has 2 heterocycles. The topological polar surface area (TPSA) is 99.9 Å². The maximum atomic E-state index is 12.9. The quantitative estimate of drug-likeness (QED) is 0.849. The number of carbonyl (C=O) groups excluding carboxylic acids is 2. The molecule has 0 saturated carbocycles. The molecule has 3 atom stereocenters. The fraction of sp³-hybridized carbons (Fsp3) is 0.500. The highest BCUT2D eigenvalue weighted by Crippen LogP contribution is 2.37. The number of nitrogens with one attached hydrogen (secondary N) is 1. The van der Waals surface area contributed by atoms with Crippen molar-refractivity contribution < 1.29 is 37.1 Å². The third-order valence-electron chi connectivity index (χ3n) is 3.83. The predicted octanol–water partition coefficient (Wildman–Crippen LogP) is 1.12. The van der Waals surface area contributed by atoms with Gasteiger partial charge in [-0.25, -0.2) is 0 Å². The number of hydrogen-bond donors (Lipinski definition) is 2. The number of carboxylic acid groups (broad SMARTS) is 1. The van der Waals surface area contributed by atoms with Crippen LogP contribution in [0.3, 0.4) is 0 Å². The molecule has 1 unspecified atom stereocenters. The van der Waals surface area contributed by atoms with E-state index in [1.807, 2.05) is 0 Å². The number of amides is 2. The van der Waals surface area contributed by atoms with Crippen molar-refractivity contribution in [3.05, 3.63) is 24.2 Å². The molecule has 1 aliphatic rings. The van der Waals surface area contributed by atoms with E-state index in [9.17, 15) is 27.6 Å². The molecule has 2 rings (SSSR count). The van der Waals surface area contributed by atoms with Gasteiger partial charge in [0.25, 0.3) is 5.91 Å². The molecule has 0 spiro atoms. The first-order valence-electron chi connectivity index (χ1n) is 7.04. The standard InChI is InChI=1S/C14H15F3N2O5/c1-7(18-11(20)10-3-2-4-24-10)12(21)19-5-8(13(22)23)9(6-19)14(15,16)17/h2-4,7-9H,5-6H2,1H3,(H,18,20)(H,22,23)/t7?,8-,9-/m1/s1. The van der Waals surface area contributed by atoms with E-state index in [4.69, 9.17) is 9.52 Å². The number of alkyl halides is 3. The van der Waals surface area contributed by atoms with Crippen LogP contribution in [0.15, 0.2) is 22.8 Å². The summed E-state index contributed by atoms with van der Waals surface area (Å²) in [5.41, 5.74) is 0. The molecule has 0 aromatic carbocycles. The number of furan rings is 1. The zero-order valence-electron chi connectivity index (χ0n) is 12.5. The summed E-state index contributed by atoms with van der Waals surface area (Å²) >= 11 is 0. The minimum absolute atomic E-state index is 0.0485. The second-order valence-electron chi connectivity index (χ2n) is 5.51. The summed E-state index contributed by atoms with van der Waals surface area (Å²) in [6, 6.07) is 1.71. The maximum Gasteiger partial charge on any atom is 0.394 e. The molecule has 1 fully saturated rings. The molecule has 1 aromatic heterocycles. The number of rotatable bonds is 4. The van der Waals surface area contributed by atoms with Crippen LogP contribution >= 0.6 is 0 Å². The monoisotopic (exact) mass is 348 g/mol. The highest BCUT2D eigenvalue weighted by atomic mass is 19.4. The zero-order chi connectivity index (χ0) is 18.1. The lowest BCUT2D eigenvalue weighted by Gasteiger charge is -2.21. The van der Waals surface area contributed by atoms with E-state index in [0.29, 0.717) is 0 Å². The molecule has 1 saturated heterocycles. The van der Waals surface area contributed by atoms with Crippen LogP contribution in [0.5, 0.6) is 0 Å². The van der Waals surface area contributed by atoms with Gasteiger partial charge in [-0.15, -0.1) is 0 Å². The molecule has 0 aliphatic carbocycles. The number of nitrogens with zero attached hydrogens (tertiary/aromatic N) is 1. The average molecular weight is 348 g/mol. The molecule has 0 radical (unpaired) electrons. The Morgan fingerprint density at radius 3 is 2.50 bits per heavy atom. The first kappa shape index (κ1) is 17.8. The van der Waals surface area contributed by atoms with Crippen molar-refractivity contribution in [3.63, 3.8) is 0 Å². The minimum atomic E-state index is -4.72. The number of likely N-dealkylation sites (tertiary alicyclic amines) is 1. The molecule has 1 aliphatic heterocycles. The van der Waals surface area contributed by atoms with Gasteiger partial charge in [0.05, 0.1) is 18.1 Å². The van der Waals surface area contributed by atoms with Gasteiger partial charge in [-0.2, -0.15) is 13.2 Å². The van der Waals surface area contributed by atoms with Crippen molar-refractivity contribution in [2.75, 3.05) is 13.1 Å². The summed E-state index contributed by atoms with van der Waals surface area (Å²) in [5.74, 6) is -6.99. The van der Waals surface area contributed by atoms with Crippen LogP contribution in [0.2, 0.25) is 0 Å². The Labute approximate surface area is 134 Å². The minimum Gasteiger partial charge on any atom is -0.481 e. The molecular weight excluding hydrogens is 333 g/mol. The molecule has 2 N–H and O–H groups in total. The third-order valence-corrected chi connectivity index (χ3v) is 3.83. The van der Waals surface area contributed by atoms with Crippen LogP contribution < -0.4 is 5.32 Å². The van der Waals surface area contributed by atoms with Gasteiger partial charge in [-0.1, -0.05) is 0 Å². The van der Waals surface area contributed by atoms with Crippen molar-refractivity contribution in [1.29, 1.82) is 0 Å². The van der Waals surface area contributed by atoms with Crippen LogP contribution in [0.4, 0.5) is 13.2 Å². The predicted molar refractivity (Wildman–Crippen MR) is 72.9 cm³/mol. The molecule has 2 amide bonds. The van der Waals surface area contributed by atoms with E-state index < -0.39 is 54.9 Å². The molecule has 1 aromatic rings. The van der Waals surface area contributed by atoms with Crippen molar-refractivity contribution in [3.8, 4) is 0 Å². The summed E-state index contributed by atoms with van der Waals surface area (Å²) in [6.45, 7) is -0.000565. The maximum absolute atomic E-state index is 12.9. The lowest BCUT2D eigenvalue weighted by molar-refractivity contribution is -0.188. The number of carboxylic acids is 1. The SMILES string of the molecule is CC(NC(=O)c1ccco1)C(=O)N1C[C@@H](C(F)(F)F)[C@H](C(=O)O)C1. The largest absolute Gasteiger partial charge is 0.481 e. The summed E-state index contributed by atoms with van der Waals surface area (Å²) in [7, 11) is 0. The second-order valence-corrected chi connectivity index (χ2v) is 5.51. The van der Waals surface area contributed by atoms with Gasteiger partial charge in [0.2, 0.25) is 5.91 Å². The van der Waals surface area contributed by atoms with Crippen LogP contribution in [-0.4, -0.2) is 53.1 Å². The summed E-state index contributed by atoms with van der Waals surface area (Å²) in [6.07, 6.45) is -3.47. The van der Waals surface area contributed by atoms with Crippen molar-refractivity contribution >= 4 is 17.8 Å². The number of aliphatic carboxylic acids is 1. The second kappa shape index (κ2) is 6.54. The number of hydrogen-bond acceptors (Lipinski definition) is 4. The Hall–Kier alpha value is -2.52. The molecule has 7 nitrogen and oxygen atoms in total. The van der Waals surface area contributed by atoms with Gasteiger partial charge in [0.15, 0.2) is 5.76 Å². The van der Waals surface area contributed by atoms with Crippen molar-refractivity contribution in [1.82, 2.24) is 10.2 Å². The van der Waals surface area contributed by atoms with E-state index in [0.717, 1.165) is 4.90 Å². The Balaban J connectivity index is 2.04. The highest BCUT2D eigenvalue weighted by Gasteiger charge is 2.53. The third kappa shape index (κ3) is 3.69. The van der Waals surface area contributed by atoms with Gasteiger partial charge in [-0.3, -0.25) is 14.4 Å². The van der Waals surface area contributed by atoms with E-state index in [1.165, 1.54) is 25.3 Å². The fourth-order valence-corrected chi connectivity index (χ4v) is 2.58. The smallest absolute Gasteiger partial charge is 0.394 e. The summed E-state index contributed by atoms with van der Waals surface area (Å²) < 4.78 is 43.6. The van der Waals surface area contributed by atoms with Gasteiger partial charge in [0.1, 0.15) is 6.04 Å². The Morgan fingerprint density at radius 2 is 2.04 bits per heavy atom. The fourth-order valence-electron chi connectivity index (χ4n) is 2.58. The Bertz CT molecular complexity index is 629. The Kier molecular flexibility index (Phi) is 4.86. The zero-order valence-corrected chi connectivity index (χ0v) is 12.5. The van der Waals surface area contributed by atoms with E-state index >= 15 is 0 Å². The van der Waals surface area contributed by atoms with Crippen molar-refractivity contribution in [2.45, 2.75) is 19.1 Å². The molecule has 24 heavy (non-hydrogen) atoms. The average Bonchev–Trinajstić information content (AvgIpc) is 3.14. The number of carbonyl (C=O) groups is 3. The number of halogens is 3. The molecule has 0 bridgehead atoms. The van der Waals surface area contributed by atoms with Gasteiger partial charge >= 0.3 is 12.1 Å². The van der Waals surface area contributed by atoms with E-state index in [-0.39, 0.29) is 5.76 Å². The highest BCUT2D eigenvalue weighted by molar-refractivity contribution is 5.95. The summed E-state index contributed by atoms with van der Waals surface area (Å²) in [5, 5.41) is 11.2. The summed E-state index contributed by atoms with van der Waals surface area (Å²) in [4.78, 5) is 35.8. The first-order chi connectivity index (χ1) is 11.1. The van der Waals surface area contributed by atoms with Crippen LogP contribution in [-0.2, 0) is 9.59 Å². The van der Waals surface area contributed by atoms with Gasteiger partial charge in [-0.05, 0) is 19.1 Å². The van der Waals surface area contributed by atoms with Crippen LogP contribution in [0, 0.1) is 11.8 Å². The normalized spacial score (nSPS) is 22.2. The lowest BCUT2D eigenvalue weighted by atomic mass is 9.96. The van der Waals surface area contributed by atoms with Crippen LogP contribution in [0.1, 0.15) is 17.5 Å². The molecule has 10 heteroatoms. The molecular formula is C14H15F3N2O5. The van der Waals surface area contributed by atoms with Crippen molar-refractivity contribution in [2.24, 2.45) is 11.8 Å². The van der Waals surface area contributed by atoms with Crippen LogP contribution in [0.25, 0.3) is 0 Å². The lowest BCUT2D eigenvalue weighted by Crippen LogP contribution is -2.46. The van der Waals surface area contributed by atoms with Gasteiger partial charge in [0, 0.05) is 13.1 Å². The first-order valence-corrected chi connectivity index (χ1v) is 7.04. The van der Waals surface area contributed by atoms with Gasteiger partial charge < -0.3 is 19.7 Å². The van der Waals surface area contributed by atoms with E-state index in [2.05, 4.69) is 5.32 Å². The Morgan fingerprint density at radius 1 is 1.38 bits per heavy atom. The molecule has 132 valence electrons.